The number of hydrogen-bond acceptors (Lipinski definition) is 8. The van der Waals surface area contributed by atoms with Crippen LogP contribution in [0.3, 0.4) is 0 Å². The van der Waals surface area contributed by atoms with Gasteiger partial charge in [0, 0.05) is 25.3 Å². The molecule has 240 valence electrons. The molecule has 0 amide bonds. The fraction of sp³-hybridized carbons (Fsp3) is 0.371. The van der Waals surface area contributed by atoms with Crippen molar-refractivity contribution in [1.82, 2.24) is 19.4 Å². The Labute approximate surface area is 269 Å². The summed E-state index contributed by atoms with van der Waals surface area (Å²) in [6, 6.07) is 13.9. The molecule has 10 nitrogen and oxygen atoms in total. The number of ether oxygens (including phenoxy) is 3. The highest BCUT2D eigenvalue weighted by Crippen LogP contribution is 2.31. The highest BCUT2D eigenvalue weighted by atomic mass is 19.1. The molecule has 2 aliphatic heterocycles. The summed E-state index contributed by atoms with van der Waals surface area (Å²) < 4.78 is 48.3. The van der Waals surface area contributed by atoms with Gasteiger partial charge in [-0.05, 0) is 67.8 Å². The summed E-state index contributed by atoms with van der Waals surface area (Å²) in [6.45, 7) is 3.29. The van der Waals surface area contributed by atoms with E-state index in [1.54, 1.807) is 12.1 Å². The van der Waals surface area contributed by atoms with Gasteiger partial charge in [-0.3, -0.25) is 9.69 Å². The van der Waals surface area contributed by atoms with Gasteiger partial charge in [0.2, 0.25) is 0 Å². The van der Waals surface area contributed by atoms with E-state index in [1.807, 2.05) is 18.2 Å². The Bertz CT molecular complexity index is 1930. The first kappa shape index (κ1) is 30.6. The van der Waals surface area contributed by atoms with Gasteiger partial charge in [0.1, 0.15) is 41.5 Å². The molecule has 4 aromatic rings. The van der Waals surface area contributed by atoms with Gasteiger partial charge >= 0.3 is 5.97 Å². The van der Waals surface area contributed by atoms with Crippen molar-refractivity contribution in [2.24, 2.45) is 5.92 Å². The van der Waals surface area contributed by atoms with Crippen LogP contribution in [0.2, 0.25) is 0 Å². The zero-order valence-corrected chi connectivity index (χ0v) is 25.4. The summed E-state index contributed by atoms with van der Waals surface area (Å²) in [5.41, 5.74) is 2.51. The second-order valence-electron chi connectivity index (χ2n) is 12.0. The summed E-state index contributed by atoms with van der Waals surface area (Å²) in [5, 5.41) is 18.4. The molecule has 2 saturated heterocycles. The van der Waals surface area contributed by atoms with E-state index < -0.39 is 29.4 Å². The number of hydrogen-bond donors (Lipinski definition) is 1. The van der Waals surface area contributed by atoms with Gasteiger partial charge in [-0.25, -0.2) is 18.7 Å². The van der Waals surface area contributed by atoms with Gasteiger partial charge < -0.3 is 23.9 Å². The third kappa shape index (κ3) is 6.48. The number of carboxylic acid groups (broad SMARTS) is 1. The summed E-state index contributed by atoms with van der Waals surface area (Å²) in [5.74, 6) is 3.68. The standard InChI is InChI=1S/C35H31F2N5O5/c36-28-5-2-24(16-22(28)20-46-32-8-1-21(17-38)15-29(32)37)47-23-9-12-41(13-10-23)19-33-39-31-7-6-30(26-3-4-27(26)35(43)44)40-34(31)42(33)18-25-11-14-45-25/h1-2,5-8,15-16,23,25-27H,9-14,18-20H2,(H,43,44)/t25-,26?,27?/m0/s1. The molecule has 0 radical (unpaired) electrons. The summed E-state index contributed by atoms with van der Waals surface area (Å²) in [4.78, 5) is 23.6. The van der Waals surface area contributed by atoms with Crippen molar-refractivity contribution in [3.8, 4) is 29.4 Å². The van der Waals surface area contributed by atoms with Crippen LogP contribution in [-0.2, 0) is 29.2 Å². The lowest BCUT2D eigenvalue weighted by Crippen LogP contribution is -2.39. The van der Waals surface area contributed by atoms with Crippen LogP contribution in [0.25, 0.3) is 11.2 Å². The number of rotatable bonds is 11. The van der Waals surface area contributed by atoms with Crippen LogP contribution >= 0.6 is 0 Å². The van der Waals surface area contributed by atoms with E-state index >= 15 is 0 Å². The van der Waals surface area contributed by atoms with Crippen molar-refractivity contribution >= 4 is 17.1 Å². The van der Waals surface area contributed by atoms with E-state index in [4.69, 9.17) is 29.4 Å². The zero-order chi connectivity index (χ0) is 32.5. The minimum Gasteiger partial charge on any atom is -0.490 e. The Morgan fingerprint density at radius 2 is 1.89 bits per heavy atom. The highest BCUT2D eigenvalue weighted by Gasteiger charge is 2.34. The SMILES string of the molecule is N#Cc1ccc(OCc2cc(OC3CCN(Cc4nc5ccc(C6C#CC6C(=O)O)nc5n4C[C@@H]4CCO4)CC3)ccc2F)c(F)c1. The normalized spacial score (nSPS) is 20.8. The minimum atomic E-state index is -0.939. The van der Waals surface area contributed by atoms with Gasteiger partial charge in [-0.2, -0.15) is 5.26 Å². The van der Waals surface area contributed by atoms with Crippen molar-refractivity contribution in [1.29, 1.82) is 5.26 Å². The molecular formula is C35H31F2N5O5. The molecule has 0 spiro atoms. The lowest BCUT2D eigenvalue weighted by Gasteiger charge is -2.32. The van der Waals surface area contributed by atoms with Crippen LogP contribution in [0.5, 0.6) is 11.5 Å². The second kappa shape index (κ2) is 13.0. The summed E-state index contributed by atoms with van der Waals surface area (Å²) in [7, 11) is 0. The van der Waals surface area contributed by atoms with Gasteiger partial charge in [-0.15, -0.1) is 0 Å². The maximum atomic E-state index is 14.5. The van der Waals surface area contributed by atoms with E-state index in [2.05, 4.69) is 21.3 Å². The fourth-order valence-electron chi connectivity index (χ4n) is 6.04. The first-order valence-corrected chi connectivity index (χ1v) is 15.6. The number of aromatic nitrogens is 3. The number of benzene rings is 2. The average molecular weight is 640 g/mol. The molecule has 2 aromatic carbocycles. The van der Waals surface area contributed by atoms with Crippen LogP contribution in [0.1, 0.15) is 47.8 Å². The van der Waals surface area contributed by atoms with E-state index in [9.17, 15) is 18.7 Å². The molecule has 47 heavy (non-hydrogen) atoms. The predicted molar refractivity (Wildman–Crippen MR) is 164 cm³/mol. The third-order valence-electron chi connectivity index (χ3n) is 8.85. The molecule has 2 unspecified atom stereocenters. The number of piperidine rings is 1. The number of halogens is 2. The number of aliphatic carboxylic acids is 1. The zero-order valence-electron chi connectivity index (χ0n) is 25.4. The number of nitrogens with zero attached hydrogens (tertiary/aromatic N) is 5. The Morgan fingerprint density at radius 3 is 2.57 bits per heavy atom. The largest absolute Gasteiger partial charge is 0.490 e. The number of nitriles is 1. The Balaban J connectivity index is 0.989. The van der Waals surface area contributed by atoms with Crippen LogP contribution in [0.15, 0.2) is 48.5 Å². The third-order valence-corrected chi connectivity index (χ3v) is 8.85. The van der Waals surface area contributed by atoms with E-state index in [1.165, 1.54) is 18.2 Å². The topological polar surface area (TPSA) is 123 Å². The highest BCUT2D eigenvalue weighted by molar-refractivity contribution is 5.79. The van der Waals surface area contributed by atoms with Crippen molar-refractivity contribution < 1.29 is 32.9 Å². The molecule has 12 heteroatoms. The molecule has 2 aromatic heterocycles. The molecule has 2 fully saturated rings. The molecule has 1 aliphatic carbocycles. The van der Waals surface area contributed by atoms with Gasteiger partial charge in [0.25, 0.3) is 0 Å². The van der Waals surface area contributed by atoms with E-state index in [-0.39, 0.29) is 35.7 Å². The minimum absolute atomic E-state index is 0.0634. The van der Waals surface area contributed by atoms with E-state index in [0.717, 1.165) is 56.4 Å². The van der Waals surface area contributed by atoms with Crippen molar-refractivity contribution in [2.75, 3.05) is 19.7 Å². The maximum absolute atomic E-state index is 14.5. The number of carboxylic acids is 1. The van der Waals surface area contributed by atoms with Gasteiger partial charge in [0.15, 0.2) is 17.2 Å². The lowest BCUT2D eigenvalue weighted by atomic mass is 9.83. The Morgan fingerprint density at radius 1 is 1.06 bits per heavy atom. The molecule has 3 aliphatic rings. The monoisotopic (exact) mass is 639 g/mol. The Kier molecular flexibility index (Phi) is 8.46. The van der Waals surface area contributed by atoms with Crippen LogP contribution in [0.4, 0.5) is 8.78 Å². The molecular weight excluding hydrogens is 608 g/mol. The van der Waals surface area contributed by atoms with Crippen molar-refractivity contribution in [3.05, 3.63) is 82.8 Å². The van der Waals surface area contributed by atoms with E-state index in [0.29, 0.717) is 30.2 Å². The first-order chi connectivity index (χ1) is 22.8. The summed E-state index contributed by atoms with van der Waals surface area (Å²) >= 11 is 0. The number of likely N-dealkylation sites (tertiary alicyclic amines) is 1. The van der Waals surface area contributed by atoms with Crippen LogP contribution < -0.4 is 9.47 Å². The molecule has 0 bridgehead atoms. The number of imidazole rings is 1. The van der Waals surface area contributed by atoms with Gasteiger partial charge in [0.05, 0.1) is 42.4 Å². The smallest absolute Gasteiger partial charge is 0.320 e. The predicted octanol–water partition coefficient (Wildman–Crippen LogP) is 4.79. The van der Waals surface area contributed by atoms with Crippen LogP contribution in [0, 0.1) is 40.7 Å². The van der Waals surface area contributed by atoms with Crippen molar-refractivity contribution in [3.63, 3.8) is 0 Å². The fourth-order valence-corrected chi connectivity index (χ4v) is 6.04. The first-order valence-electron chi connectivity index (χ1n) is 15.6. The maximum Gasteiger partial charge on any atom is 0.320 e. The molecule has 7 rings (SSSR count). The second-order valence-corrected chi connectivity index (χ2v) is 12.0. The number of carbonyl (C=O) groups is 1. The van der Waals surface area contributed by atoms with Crippen LogP contribution in [-0.4, -0.2) is 62.4 Å². The summed E-state index contributed by atoms with van der Waals surface area (Å²) in [6.07, 6.45) is 2.48. The molecule has 1 N–H and O–H groups in total. The molecule has 4 heterocycles. The molecule has 0 saturated carbocycles. The van der Waals surface area contributed by atoms with Crippen molar-refractivity contribution in [2.45, 2.75) is 57.1 Å². The quantitative estimate of drug-likeness (QED) is 0.231. The lowest BCUT2D eigenvalue weighted by molar-refractivity contribution is -0.140. The molecule has 3 atom stereocenters. The van der Waals surface area contributed by atoms with Gasteiger partial charge in [-0.1, -0.05) is 11.8 Å². The number of fused-ring (bicyclic) bond motifs is 1. The Hall–Kier alpha value is -5.04. The number of pyridine rings is 1. The average Bonchev–Trinajstić information content (AvgIpc) is 3.35.